The van der Waals surface area contributed by atoms with Crippen molar-refractivity contribution in [2.75, 3.05) is 9.80 Å². The Morgan fingerprint density at radius 1 is 0.470 bits per heavy atom. The number of hydrogen-bond donors (Lipinski definition) is 4. The van der Waals surface area contributed by atoms with Gasteiger partial charge in [-0.05, 0) is 127 Å². The first kappa shape index (κ1) is 46.4. The largest absolute Gasteiger partial charge is 0.504 e. The topological polar surface area (TPSA) is 174 Å². The van der Waals surface area contributed by atoms with Crippen LogP contribution in [-0.2, 0) is 29.9 Å². The molecule has 6 aromatic carbocycles. The lowest BCUT2D eigenvalue weighted by Gasteiger charge is -2.31. The number of imide groups is 2. The molecule has 340 valence electrons. The van der Waals surface area contributed by atoms with Crippen LogP contribution in [-0.4, -0.2) is 55.6 Å². The highest BCUT2D eigenvalue weighted by Gasteiger charge is 2.58. The van der Waals surface area contributed by atoms with E-state index in [1.807, 2.05) is 98.8 Å². The third-order valence-electron chi connectivity index (χ3n) is 11.6. The van der Waals surface area contributed by atoms with Crippen LogP contribution >= 0.6 is 0 Å². The Labute approximate surface area is 384 Å². The summed E-state index contributed by atoms with van der Waals surface area (Å²) >= 11 is 0. The fraction of sp³-hybridized carbons (Fsp3) is 0.259. The van der Waals surface area contributed by atoms with Gasteiger partial charge in [-0.25, -0.2) is 19.4 Å². The highest BCUT2D eigenvalue weighted by molar-refractivity contribution is 6.25. The predicted octanol–water partition coefficient (Wildman–Crippen LogP) is 10.7. The Morgan fingerprint density at radius 2 is 0.803 bits per heavy atom. The number of amides is 4. The summed E-state index contributed by atoms with van der Waals surface area (Å²) in [5, 5.41) is 41.3. The van der Waals surface area contributed by atoms with Crippen LogP contribution in [0, 0.1) is 27.7 Å². The van der Waals surface area contributed by atoms with E-state index in [-0.39, 0.29) is 23.0 Å². The van der Waals surface area contributed by atoms with Crippen molar-refractivity contribution in [1.82, 2.24) is 0 Å². The van der Waals surface area contributed by atoms with Crippen LogP contribution in [0.1, 0.15) is 97.2 Å². The monoisotopic (exact) mass is 890 g/mol. The van der Waals surface area contributed by atoms with Crippen molar-refractivity contribution >= 4 is 35.4 Å². The Bertz CT molecular complexity index is 2670. The summed E-state index contributed by atoms with van der Waals surface area (Å²) < 4.78 is 11.2. The summed E-state index contributed by atoms with van der Waals surface area (Å²) in [6, 6.07) is 35.3. The normalized spacial score (nSPS) is 17.7. The van der Waals surface area contributed by atoms with Crippen LogP contribution < -0.4 is 9.80 Å². The van der Waals surface area contributed by atoms with Gasteiger partial charge in [-0.3, -0.25) is 9.59 Å². The molecule has 66 heavy (non-hydrogen) atoms. The van der Waals surface area contributed by atoms with Crippen molar-refractivity contribution in [3.63, 3.8) is 0 Å². The molecule has 0 saturated carbocycles. The molecule has 0 radical (unpaired) electrons. The number of benzene rings is 6. The molecule has 0 fully saturated rings. The van der Waals surface area contributed by atoms with E-state index in [1.54, 1.807) is 79.7 Å². The molecule has 0 unspecified atom stereocenters. The number of aryl methyl sites for hydroxylation is 4. The number of fused-ring (bicyclic) bond motifs is 2. The molecule has 8 rings (SSSR count). The van der Waals surface area contributed by atoms with Crippen molar-refractivity contribution in [2.24, 2.45) is 0 Å². The minimum Gasteiger partial charge on any atom is -0.504 e. The van der Waals surface area contributed by atoms with E-state index in [1.165, 1.54) is 12.1 Å². The second kappa shape index (κ2) is 16.8. The molecule has 2 atom stereocenters. The van der Waals surface area contributed by atoms with Gasteiger partial charge in [-0.1, -0.05) is 108 Å². The van der Waals surface area contributed by atoms with E-state index in [9.17, 15) is 39.6 Å². The smallest absolute Gasteiger partial charge is 0.421 e. The second-order valence-electron chi connectivity index (χ2n) is 18.8. The maximum absolute atomic E-state index is 14.3. The lowest BCUT2D eigenvalue weighted by molar-refractivity contribution is -0.121. The van der Waals surface area contributed by atoms with Crippen LogP contribution in [0.15, 0.2) is 121 Å². The Kier molecular flexibility index (Phi) is 11.8. The Balaban J connectivity index is 0.000000196. The van der Waals surface area contributed by atoms with Gasteiger partial charge in [0.2, 0.25) is 0 Å². The first-order valence-corrected chi connectivity index (χ1v) is 21.5. The fourth-order valence-corrected chi connectivity index (χ4v) is 8.83. The number of aromatic hydroxyl groups is 4. The van der Waals surface area contributed by atoms with Crippen molar-refractivity contribution in [3.05, 3.63) is 177 Å². The second-order valence-corrected chi connectivity index (χ2v) is 18.8. The maximum atomic E-state index is 14.3. The zero-order valence-electron chi connectivity index (χ0n) is 38.7. The van der Waals surface area contributed by atoms with Crippen molar-refractivity contribution < 1.29 is 49.1 Å². The molecule has 2 aliphatic heterocycles. The molecule has 0 bridgehead atoms. The molecule has 4 N–H and O–H groups in total. The summed E-state index contributed by atoms with van der Waals surface area (Å²) in [6.45, 7) is 17.6. The average molecular weight is 891 g/mol. The number of hydrogen-bond acceptors (Lipinski definition) is 10. The number of phenolic OH excluding ortho intramolecular Hbond substituents is 4. The van der Waals surface area contributed by atoms with Gasteiger partial charge >= 0.3 is 12.2 Å². The number of carbonyl (C=O) groups excluding carboxylic acids is 4. The Morgan fingerprint density at radius 3 is 1.11 bits per heavy atom. The van der Waals surface area contributed by atoms with Gasteiger partial charge in [0.05, 0.1) is 11.4 Å². The summed E-state index contributed by atoms with van der Waals surface area (Å²) in [4.78, 5) is 57.3. The fourth-order valence-electron chi connectivity index (χ4n) is 8.83. The third-order valence-corrected chi connectivity index (χ3v) is 11.6. The van der Waals surface area contributed by atoms with E-state index in [2.05, 4.69) is 0 Å². The third kappa shape index (κ3) is 7.86. The van der Waals surface area contributed by atoms with Crippen LogP contribution in [0.4, 0.5) is 21.0 Å². The lowest BCUT2D eigenvalue weighted by atomic mass is 9.69. The molecule has 0 aromatic heterocycles. The van der Waals surface area contributed by atoms with E-state index in [0.29, 0.717) is 55.9 Å². The standard InChI is InChI=1S/2C27H27NO5/c2*1-16-11-12-21-20(13-16)27(18-9-7-6-8-10-18,19-14-17(2)23(30)22(29)15-19)24(31)28(21)25(32)33-26(3,4)5/h2*6-15,29-30H,1-5H3/t2*27-/m10/s1. The molecule has 0 aliphatic carbocycles. The summed E-state index contributed by atoms with van der Waals surface area (Å²) in [7, 11) is 0. The van der Waals surface area contributed by atoms with Crippen LogP contribution in [0.25, 0.3) is 0 Å². The Hall–Kier alpha value is -7.60. The van der Waals surface area contributed by atoms with E-state index >= 15 is 0 Å². The molecule has 12 heteroatoms. The zero-order valence-corrected chi connectivity index (χ0v) is 38.7. The first-order chi connectivity index (χ1) is 30.9. The highest BCUT2D eigenvalue weighted by atomic mass is 16.6. The summed E-state index contributed by atoms with van der Waals surface area (Å²) in [5.74, 6) is -2.18. The van der Waals surface area contributed by atoms with Crippen LogP contribution in [0.3, 0.4) is 0 Å². The van der Waals surface area contributed by atoms with E-state index in [0.717, 1.165) is 20.9 Å². The van der Waals surface area contributed by atoms with E-state index < -0.39 is 46.0 Å². The van der Waals surface area contributed by atoms with E-state index in [4.69, 9.17) is 9.47 Å². The van der Waals surface area contributed by atoms with Crippen molar-refractivity contribution in [1.29, 1.82) is 0 Å². The van der Waals surface area contributed by atoms with Gasteiger partial charge in [0.1, 0.15) is 22.0 Å². The molecule has 2 aliphatic rings. The minimum absolute atomic E-state index is 0.249. The number of ether oxygens (including phenoxy) is 2. The number of anilines is 2. The first-order valence-electron chi connectivity index (χ1n) is 21.5. The number of nitrogens with zero attached hydrogens (tertiary/aromatic N) is 2. The SMILES string of the molecule is Cc1ccc2c(c1)[C@@](c1ccccc1)(c1cc(C)c(O)c(O)c1)C(=O)N2C(=O)OC(C)(C)C.Cc1ccc2c(c1)[C@](c1ccccc1)(c1cc(C)c(O)c(O)c1)C(=O)N2C(=O)OC(C)(C)C. The molecule has 2 heterocycles. The van der Waals surface area contributed by atoms with Gasteiger partial charge in [-0.2, -0.15) is 0 Å². The van der Waals surface area contributed by atoms with Crippen molar-refractivity contribution in [2.45, 2.75) is 91.3 Å². The summed E-state index contributed by atoms with van der Waals surface area (Å²) in [6.07, 6.45) is -1.54. The molecular weight excluding hydrogens is 837 g/mol. The minimum atomic E-state index is -1.42. The zero-order chi connectivity index (χ0) is 48.3. The number of phenols is 4. The molecule has 6 aromatic rings. The number of rotatable bonds is 4. The lowest BCUT2D eigenvalue weighted by Crippen LogP contribution is -2.46. The van der Waals surface area contributed by atoms with Crippen LogP contribution in [0.5, 0.6) is 23.0 Å². The molecule has 0 saturated heterocycles. The van der Waals surface area contributed by atoms with Gasteiger partial charge in [-0.15, -0.1) is 0 Å². The molecule has 4 amide bonds. The van der Waals surface area contributed by atoms with Gasteiger partial charge in [0.25, 0.3) is 11.8 Å². The molecule has 0 spiro atoms. The average Bonchev–Trinajstić information content (AvgIpc) is 3.65. The highest BCUT2D eigenvalue weighted by Crippen LogP contribution is 2.54. The molecule has 12 nitrogen and oxygen atoms in total. The number of carbonyl (C=O) groups is 4. The van der Waals surface area contributed by atoms with Gasteiger partial charge < -0.3 is 29.9 Å². The van der Waals surface area contributed by atoms with Gasteiger partial charge in [0.15, 0.2) is 23.0 Å². The van der Waals surface area contributed by atoms with Crippen molar-refractivity contribution in [3.8, 4) is 23.0 Å². The quantitative estimate of drug-likeness (QED) is 0.125. The predicted molar refractivity (Wildman–Crippen MR) is 251 cm³/mol. The van der Waals surface area contributed by atoms with Gasteiger partial charge in [0, 0.05) is 11.1 Å². The maximum Gasteiger partial charge on any atom is 0.421 e. The van der Waals surface area contributed by atoms with Crippen LogP contribution in [0.2, 0.25) is 0 Å². The molecular formula is C54H54N2O10. The summed E-state index contributed by atoms with van der Waals surface area (Å²) in [5.41, 5.74) is 2.44.